The second-order valence-electron chi connectivity index (χ2n) is 5.13. The van der Waals surface area contributed by atoms with Crippen molar-refractivity contribution < 1.29 is 9.84 Å². The fourth-order valence-electron chi connectivity index (χ4n) is 1.78. The molecule has 0 spiro atoms. The number of rotatable bonds is 8. The van der Waals surface area contributed by atoms with Crippen molar-refractivity contribution in [2.24, 2.45) is 0 Å². The minimum Gasteiger partial charge on any atom is -0.491 e. The van der Waals surface area contributed by atoms with Crippen LogP contribution in [-0.2, 0) is 6.42 Å². The highest BCUT2D eigenvalue weighted by Crippen LogP contribution is 2.21. The van der Waals surface area contributed by atoms with Gasteiger partial charge in [0.1, 0.15) is 18.5 Å². The molecule has 0 heterocycles. The topological polar surface area (TPSA) is 41.5 Å². The number of allylic oxidation sites excluding steroid dienone is 1. The molecule has 0 aliphatic rings. The molecule has 0 saturated heterocycles. The SMILES string of the molecule is C=CCc1cc(C)ccc1OCC(O)CNC(C)C. The molecule has 0 aliphatic heterocycles. The van der Waals surface area contributed by atoms with Crippen molar-refractivity contribution in [1.82, 2.24) is 5.32 Å². The maximum atomic E-state index is 9.83. The quantitative estimate of drug-likeness (QED) is 0.708. The van der Waals surface area contributed by atoms with Crippen LogP contribution >= 0.6 is 0 Å². The zero-order valence-electron chi connectivity index (χ0n) is 12.1. The van der Waals surface area contributed by atoms with Crippen LogP contribution in [0.3, 0.4) is 0 Å². The van der Waals surface area contributed by atoms with Crippen LogP contribution in [0, 0.1) is 6.92 Å². The third-order valence-corrected chi connectivity index (χ3v) is 2.77. The lowest BCUT2D eigenvalue weighted by atomic mass is 10.1. The molecule has 0 aromatic heterocycles. The molecule has 1 aromatic rings. The normalized spacial score (nSPS) is 12.5. The number of nitrogens with one attached hydrogen (secondary N) is 1. The molecular weight excluding hydrogens is 238 g/mol. The lowest BCUT2D eigenvalue weighted by Crippen LogP contribution is -2.35. The van der Waals surface area contributed by atoms with E-state index in [0.717, 1.165) is 17.7 Å². The number of ether oxygens (including phenoxy) is 1. The van der Waals surface area contributed by atoms with Crippen molar-refractivity contribution in [1.29, 1.82) is 0 Å². The van der Waals surface area contributed by atoms with Crippen LogP contribution in [0.5, 0.6) is 5.75 Å². The van der Waals surface area contributed by atoms with Crippen molar-refractivity contribution in [3.05, 3.63) is 42.0 Å². The summed E-state index contributed by atoms with van der Waals surface area (Å²) in [4.78, 5) is 0. The van der Waals surface area contributed by atoms with E-state index in [1.165, 1.54) is 5.56 Å². The molecule has 1 atom stereocenters. The molecule has 3 heteroatoms. The summed E-state index contributed by atoms with van der Waals surface area (Å²) in [5, 5.41) is 13.0. The lowest BCUT2D eigenvalue weighted by Gasteiger charge is -2.16. The van der Waals surface area contributed by atoms with E-state index in [-0.39, 0.29) is 0 Å². The van der Waals surface area contributed by atoms with Crippen LogP contribution in [0.15, 0.2) is 30.9 Å². The van der Waals surface area contributed by atoms with Crippen LogP contribution in [0.2, 0.25) is 0 Å². The number of aryl methyl sites for hydroxylation is 1. The summed E-state index contributed by atoms with van der Waals surface area (Å²) in [6.45, 7) is 10.8. The van der Waals surface area contributed by atoms with Gasteiger partial charge in [0, 0.05) is 12.6 Å². The Labute approximate surface area is 116 Å². The van der Waals surface area contributed by atoms with E-state index in [1.807, 2.05) is 18.2 Å². The van der Waals surface area contributed by atoms with Crippen molar-refractivity contribution >= 4 is 0 Å². The summed E-state index contributed by atoms with van der Waals surface area (Å²) in [6.07, 6.45) is 2.13. The Kier molecular flexibility index (Phi) is 6.60. The maximum absolute atomic E-state index is 9.83. The van der Waals surface area contributed by atoms with E-state index in [9.17, 15) is 5.11 Å². The van der Waals surface area contributed by atoms with Gasteiger partial charge in [0.25, 0.3) is 0 Å². The van der Waals surface area contributed by atoms with E-state index < -0.39 is 6.10 Å². The predicted octanol–water partition coefficient (Wildman–Crippen LogP) is 2.46. The monoisotopic (exact) mass is 263 g/mol. The smallest absolute Gasteiger partial charge is 0.122 e. The van der Waals surface area contributed by atoms with Crippen LogP contribution in [0.25, 0.3) is 0 Å². The second kappa shape index (κ2) is 7.97. The number of aliphatic hydroxyl groups is 1. The van der Waals surface area contributed by atoms with E-state index in [1.54, 1.807) is 0 Å². The molecule has 106 valence electrons. The van der Waals surface area contributed by atoms with Crippen LogP contribution in [0.4, 0.5) is 0 Å². The molecule has 0 saturated carbocycles. The van der Waals surface area contributed by atoms with E-state index in [4.69, 9.17) is 4.74 Å². The molecule has 0 fully saturated rings. The minimum atomic E-state index is -0.500. The molecule has 2 N–H and O–H groups in total. The van der Waals surface area contributed by atoms with Gasteiger partial charge in [-0.15, -0.1) is 6.58 Å². The first kappa shape index (κ1) is 15.7. The number of aliphatic hydroxyl groups excluding tert-OH is 1. The van der Waals surface area contributed by atoms with Gasteiger partial charge >= 0.3 is 0 Å². The van der Waals surface area contributed by atoms with Gasteiger partial charge in [-0.25, -0.2) is 0 Å². The summed E-state index contributed by atoms with van der Waals surface area (Å²) < 4.78 is 5.70. The number of benzene rings is 1. The average molecular weight is 263 g/mol. The van der Waals surface area contributed by atoms with Crippen LogP contribution in [0.1, 0.15) is 25.0 Å². The lowest BCUT2D eigenvalue weighted by molar-refractivity contribution is 0.104. The maximum Gasteiger partial charge on any atom is 0.122 e. The zero-order chi connectivity index (χ0) is 14.3. The summed E-state index contributed by atoms with van der Waals surface area (Å²) in [5.41, 5.74) is 2.31. The highest BCUT2D eigenvalue weighted by Gasteiger charge is 2.08. The van der Waals surface area contributed by atoms with Gasteiger partial charge in [0.2, 0.25) is 0 Å². The zero-order valence-corrected chi connectivity index (χ0v) is 12.1. The largest absolute Gasteiger partial charge is 0.491 e. The summed E-state index contributed by atoms with van der Waals surface area (Å²) in [7, 11) is 0. The Morgan fingerprint density at radius 2 is 2.16 bits per heavy atom. The summed E-state index contributed by atoms with van der Waals surface area (Å²) >= 11 is 0. The highest BCUT2D eigenvalue weighted by atomic mass is 16.5. The molecular formula is C16H25NO2. The predicted molar refractivity (Wildman–Crippen MR) is 79.7 cm³/mol. The number of hydrogen-bond donors (Lipinski definition) is 2. The first-order valence-electron chi connectivity index (χ1n) is 6.77. The van der Waals surface area contributed by atoms with E-state index >= 15 is 0 Å². The Hall–Kier alpha value is -1.32. The fourth-order valence-corrected chi connectivity index (χ4v) is 1.78. The fraction of sp³-hybridized carbons (Fsp3) is 0.500. The third-order valence-electron chi connectivity index (χ3n) is 2.77. The molecule has 19 heavy (non-hydrogen) atoms. The Bertz CT molecular complexity index is 402. The standard InChI is InChI=1S/C16H25NO2/c1-5-6-14-9-13(4)7-8-16(14)19-11-15(18)10-17-12(2)3/h5,7-9,12,15,17-18H,1,6,10-11H2,2-4H3. The van der Waals surface area contributed by atoms with Crippen molar-refractivity contribution in [2.45, 2.75) is 39.3 Å². The van der Waals surface area contributed by atoms with Crippen LogP contribution < -0.4 is 10.1 Å². The summed E-state index contributed by atoms with van der Waals surface area (Å²) in [5.74, 6) is 0.828. The van der Waals surface area contributed by atoms with Gasteiger partial charge in [0.05, 0.1) is 0 Å². The number of hydrogen-bond acceptors (Lipinski definition) is 3. The first-order valence-corrected chi connectivity index (χ1v) is 6.77. The highest BCUT2D eigenvalue weighted by molar-refractivity contribution is 5.38. The van der Waals surface area contributed by atoms with E-state index in [2.05, 4.69) is 38.7 Å². The van der Waals surface area contributed by atoms with Gasteiger partial charge in [-0.05, 0) is 25.0 Å². The van der Waals surface area contributed by atoms with Crippen molar-refractivity contribution in [3.8, 4) is 5.75 Å². The third kappa shape index (κ3) is 5.90. The van der Waals surface area contributed by atoms with Crippen LogP contribution in [-0.4, -0.2) is 30.4 Å². The molecule has 0 aliphatic carbocycles. The molecule has 1 aromatic carbocycles. The Balaban J connectivity index is 2.54. The Morgan fingerprint density at radius 3 is 2.79 bits per heavy atom. The molecule has 0 radical (unpaired) electrons. The van der Waals surface area contributed by atoms with Crippen molar-refractivity contribution in [3.63, 3.8) is 0 Å². The summed E-state index contributed by atoms with van der Waals surface area (Å²) in [6, 6.07) is 6.43. The van der Waals surface area contributed by atoms with Gasteiger partial charge in [-0.3, -0.25) is 0 Å². The molecule has 1 rings (SSSR count). The molecule has 0 bridgehead atoms. The Morgan fingerprint density at radius 1 is 1.42 bits per heavy atom. The van der Waals surface area contributed by atoms with Gasteiger partial charge in [-0.1, -0.05) is 37.6 Å². The molecule has 0 amide bonds. The molecule has 1 unspecified atom stereocenters. The van der Waals surface area contributed by atoms with Gasteiger partial charge < -0.3 is 15.2 Å². The molecule has 3 nitrogen and oxygen atoms in total. The minimum absolute atomic E-state index is 0.299. The van der Waals surface area contributed by atoms with Crippen molar-refractivity contribution in [2.75, 3.05) is 13.2 Å². The van der Waals surface area contributed by atoms with Gasteiger partial charge in [-0.2, -0.15) is 0 Å². The van der Waals surface area contributed by atoms with Gasteiger partial charge in [0.15, 0.2) is 0 Å². The van der Waals surface area contributed by atoms with E-state index in [0.29, 0.717) is 19.2 Å². The average Bonchev–Trinajstić information content (AvgIpc) is 2.35. The first-order chi connectivity index (χ1) is 9.02. The second-order valence-corrected chi connectivity index (χ2v) is 5.13.